The van der Waals surface area contributed by atoms with Crippen LogP contribution in [0.25, 0.3) is 0 Å². The molecule has 0 saturated carbocycles. The van der Waals surface area contributed by atoms with Gasteiger partial charge in [-0.3, -0.25) is 0 Å². The molecule has 0 amide bonds. The van der Waals surface area contributed by atoms with Gasteiger partial charge in [-0.25, -0.2) is 17.5 Å². The lowest BCUT2D eigenvalue weighted by molar-refractivity contribution is 0.0314. The Hall–Kier alpha value is -1.22. The van der Waals surface area contributed by atoms with Gasteiger partial charge in [-0.1, -0.05) is 0 Å². The number of nitrogen functional groups attached to an aromatic ring is 1. The first-order chi connectivity index (χ1) is 8.82. The number of hydrogen-bond acceptors (Lipinski definition) is 5. The average Bonchev–Trinajstić information content (AvgIpc) is 2.78. The third kappa shape index (κ3) is 3.21. The molecule has 1 heterocycles. The van der Waals surface area contributed by atoms with Crippen LogP contribution in [0.2, 0.25) is 0 Å². The van der Waals surface area contributed by atoms with Gasteiger partial charge in [0.05, 0.1) is 17.2 Å². The maximum absolute atomic E-state index is 13.2. The van der Waals surface area contributed by atoms with E-state index in [1.54, 1.807) is 0 Å². The van der Waals surface area contributed by atoms with E-state index in [0.29, 0.717) is 13.0 Å². The van der Waals surface area contributed by atoms with Crippen molar-refractivity contribution in [3.05, 3.63) is 24.0 Å². The molecule has 1 unspecified atom stereocenters. The molecule has 0 spiro atoms. The van der Waals surface area contributed by atoms with Crippen LogP contribution in [0.15, 0.2) is 23.1 Å². The largest absolute Gasteiger partial charge is 0.396 e. The van der Waals surface area contributed by atoms with E-state index in [0.717, 1.165) is 6.07 Å². The molecule has 1 aliphatic rings. The lowest BCUT2D eigenvalue weighted by atomic mass is 10.1. The quantitative estimate of drug-likeness (QED) is 0.669. The molecule has 8 heteroatoms. The van der Waals surface area contributed by atoms with Crippen molar-refractivity contribution in [3.8, 4) is 0 Å². The Bertz CT molecular complexity index is 570. The molecule has 6 nitrogen and oxygen atoms in total. The zero-order chi connectivity index (χ0) is 14.1. The number of sulfonamides is 1. The molecule has 4 N–H and O–H groups in total. The molecule has 1 aliphatic heterocycles. The number of nitrogens with one attached hydrogen (secondary N) is 1. The summed E-state index contributed by atoms with van der Waals surface area (Å²) in [5.41, 5.74) is 3.95. The SMILES string of the molecule is Nc1ccc(S(=O)(=O)NCC2(O)CCOC2)cc1F. The Morgan fingerprint density at radius 2 is 2.26 bits per heavy atom. The van der Waals surface area contributed by atoms with Gasteiger partial charge in [-0.2, -0.15) is 0 Å². The van der Waals surface area contributed by atoms with Crippen molar-refractivity contribution in [2.45, 2.75) is 16.9 Å². The number of aliphatic hydroxyl groups is 1. The summed E-state index contributed by atoms with van der Waals surface area (Å²) in [7, 11) is -3.89. The fourth-order valence-electron chi connectivity index (χ4n) is 1.72. The van der Waals surface area contributed by atoms with E-state index in [1.807, 2.05) is 0 Å². The van der Waals surface area contributed by atoms with Crippen LogP contribution in [-0.2, 0) is 14.8 Å². The second-order valence-electron chi connectivity index (χ2n) is 4.53. The first-order valence-corrected chi connectivity index (χ1v) is 7.16. The Kier molecular flexibility index (Phi) is 3.77. The molecule has 1 aromatic carbocycles. The summed E-state index contributed by atoms with van der Waals surface area (Å²) < 4.78 is 44.3. The van der Waals surface area contributed by atoms with Gasteiger partial charge in [0.2, 0.25) is 10.0 Å². The van der Waals surface area contributed by atoms with Crippen molar-refractivity contribution < 1.29 is 22.7 Å². The topological polar surface area (TPSA) is 102 Å². The van der Waals surface area contributed by atoms with Gasteiger partial charge in [0.1, 0.15) is 11.4 Å². The predicted octanol–water partition coefficient (Wildman–Crippen LogP) is -0.162. The number of benzene rings is 1. The minimum absolute atomic E-state index is 0.0750. The first kappa shape index (κ1) is 14.2. The van der Waals surface area contributed by atoms with E-state index in [9.17, 15) is 17.9 Å². The number of rotatable bonds is 4. The summed E-state index contributed by atoms with van der Waals surface area (Å²) in [5, 5.41) is 9.95. The number of ether oxygens (including phenoxy) is 1. The molecule has 0 aromatic heterocycles. The number of anilines is 1. The van der Waals surface area contributed by atoms with Gasteiger partial charge >= 0.3 is 0 Å². The number of nitrogens with two attached hydrogens (primary N) is 1. The lowest BCUT2D eigenvalue weighted by Crippen LogP contribution is -2.43. The van der Waals surface area contributed by atoms with Crippen LogP contribution in [0.1, 0.15) is 6.42 Å². The highest BCUT2D eigenvalue weighted by molar-refractivity contribution is 7.89. The fraction of sp³-hybridized carbons (Fsp3) is 0.455. The standard InChI is InChI=1S/C11H15FN2O4S/c12-9-5-8(1-2-10(9)13)19(16,17)14-6-11(15)3-4-18-7-11/h1-2,5,14-15H,3-4,6-7,13H2. The van der Waals surface area contributed by atoms with Crippen molar-refractivity contribution >= 4 is 15.7 Å². The molecule has 106 valence electrons. The van der Waals surface area contributed by atoms with Gasteiger partial charge in [0.25, 0.3) is 0 Å². The fourth-order valence-corrected chi connectivity index (χ4v) is 2.85. The van der Waals surface area contributed by atoms with Gasteiger partial charge in [-0.05, 0) is 18.2 Å². The summed E-state index contributed by atoms with van der Waals surface area (Å²) in [6.07, 6.45) is 0.353. The maximum Gasteiger partial charge on any atom is 0.240 e. The predicted molar refractivity (Wildman–Crippen MR) is 66.4 cm³/mol. The summed E-state index contributed by atoms with van der Waals surface area (Å²) in [6.45, 7) is 0.279. The van der Waals surface area contributed by atoms with Crippen LogP contribution in [0.4, 0.5) is 10.1 Å². The lowest BCUT2D eigenvalue weighted by Gasteiger charge is -2.20. The normalized spacial score (nSPS) is 23.7. The second kappa shape index (κ2) is 5.04. The van der Waals surface area contributed by atoms with E-state index in [4.69, 9.17) is 10.5 Å². The van der Waals surface area contributed by atoms with Crippen LogP contribution >= 0.6 is 0 Å². The zero-order valence-electron chi connectivity index (χ0n) is 10.1. The Labute approximate surface area is 110 Å². The highest BCUT2D eigenvalue weighted by Crippen LogP contribution is 2.19. The molecule has 19 heavy (non-hydrogen) atoms. The van der Waals surface area contributed by atoms with Gasteiger partial charge < -0.3 is 15.6 Å². The smallest absolute Gasteiger partial charge is 0.240 e. The number of halogens is 1. The molecule has 1 aromatic rings. The highest BCUT2D eigenvalue weighted by Gasteiger charge is 2.33. The van der Waals surface area contributed by atoms with Crippen LogP contribution in [-0.4, -0.2) is 38.9 Å². The molecule has 0 bridgehead atoms. The van der Waals surface area contributed by atoms with E-state index >= 15 is 0 Å². The van der Waals surface area contributed by atoms with Crippen LogP contribution < -0.4 is 10.5 Å². The summed E-state index contributed by atoms with van der Waals surface area (Å²) in [6, 6.07) is 3.22. The molecule has 1 atom stereocenters. The van der Waals surface area contributed by atoms with Gasteiger partial charge in [0, 0.05) is 19.6 Å². The van der Waals surface area contributed by atoms with Crippen LogP contribution in [0.5, 0.6) is 0 Å². The first-order valence-electron chi connectivity index (χ1n) is 5.67. The van der Waals surface area contributed by atoms with E-state index in [2.05, 4.69) is 4.72 Å². The Morgan fingerprint density at radius 1 is 1.53 bits per heavy atom. The summed E-state index contributed by atoms with van der Waals surface area (Å²) >= 11 is 0. The summed E-state index contributed by atoms with van der Waals surface area (Å²) in [5.74, 6) is -0.800. The van der Waals surface area contributed by atoms with Crippen molar-refractivity contribution in [2.75, 3.05) is 25.5 Å². The molecule has 1 saturated heterocycles. The van der Waals surface area contributed by atoms with Crippen molar-refractivity contribution in [1.29, 1.82) is 0 Å². The van der Waals surface area contributed by atoms with Crippen molar-refractivity contribution in [1.82, 2.24) is 4.72 Å². The Morgan fingerprint density at radius 3 is 2.84 bits per heavy atom. The van der Waals surface area contributed by atoms with Crippen LogP contribution in [0.3, 0.4) is 0 Å². The second-order valence-corrected chi connectivity index (χ2v) is 6.30. The Balaban J connectivity index is 2.11. The van der Waals surface area contributed by atoms with E-state index in [-0.39, 0.29) is 23.7 Å². The monoisotopic (exact) mass is 290 g/mol. The van der Waals surface area contributed by atoms with Crippen molar-refractivity contribution in [2.24, 2.45) is 0 Å². The number of hydrogen-bond donors (Lipinski definition) is 3. The molecule has 1 fully saturated rings. The van der Waals surface area contributed by atoms with Crippen LogP contribution in [0, 0.1) is 5.82 Å². The van der Waals surface area contributed by atoms with E-state index < -0.39 is 21.4 Å². The highest BCUT2D eigenvalue weighted by atomic mass is 32.2. The third-order valence-corrected chi connectivity index (χ3v) is 4.35. The van der Waals surface area contributed by atoms with E-state index in [1.165, 1.54) is 12.1 Å². The van der Waals surface area contributed by atoms with Crippen molar-refractivity contribution in [3.63, 3.8) is 0 Å². The zero-order valence-corrected chi connectivity index (χ0v) is 10.9. The molecule has 0 aliphatic carbocycles. The minimum atomic E-state index is -3.89. The average molecular weight is 290 g/mol. The van der Waals surface area contributed by atoms with Gasteiger partial charge in [0.15, 0.2) is 0 Å². The molecular formula is C11H15FN2O4S. The third-order valence-electron chi connectivity index (χ3n) is 2.96. The molecule has 0 radical (unpaired) electrons. The molecular weight excluding hydrogens is 275 g/mol. The van der Waals surface area contributed by atoms with Gasteiger partial charge in [-0.15, -0.1) is 0 Å². The summed E-state index contributed by atoms with van der Waals surface area (Å²) in [4.78, 5) is -0.235. The maximum atomic E-state index is 13.2. The minimum Gasteiger partial charge on any atom is -0.396 e. The molecule has 2 rings (SSSR count).